The standard InChI is InChI=1S/C19H19NO6S/c1-2-20(15-8-4-3-5-9-15)27(23,24)16-10-6-7-14(13-16)18(21)26-17-11-12-25-19(17)22/h3-10,13,17H,2,11-12H2,1H3/t17-/m1/s1. The fourth-order valence-electron chi connectivity index (χ4n) is 2.78. The maximum Gasteiger partial charge on any atom is 0.347 e. The molecular weight excluding hydrogens is 370 g/mol. The van der Waals surface area contributed by atoms with E-state index < -0.39 is 28.1 Å². The molecule has 0 saturated carbocycles. The third kappa shape index (κ3) is 3.95. The van der Waals surface area contributed by atoms with Crippen LogP contribution in [-0.4, -0.2) is 39.6 Å². The summed E-state index contributed by atoms with van der Waals surface area (Å²) in [5, 5.41) is 0. The van der Waals surface area contributed by atoms with Crippen LogP contribution in [-0.2, 0) is 24.3 Å². The number of hydrogen-bond acceptors (Lipinski definition) is 6. The lowest BCUT2D eigenvalue weighted by molar-refractivity contribution is -0.145. The van der Waals surface area contributed by atoms with Crippen molar-refractivity contribution < 1.29 is 27.5 Å². The van der Waals surface area contributed by atoms with E-state index >= 15 is 0 Å². The molecule has 0 aromatic heterocycles. The molecule has 0 N–H and O–H groups in total. The number of cyclic esters (lactones) is 1. The summed E-state index contributed by atoms with van der Waals surface area (Å²) in [5.41, 5.74) is 0.585. The molecule has 27 heavy (non-hydrogen) atoms. The van der Waals surface area contributed by atoms with Crippen molar-refractivity contribution in [2.24, 2.45) is 0 Å². The van der Waals surface area contributed by atoms with Crippen molar-refractivity contribution in [2.75, 3.05) is 17.5 Å². The Labute approximate surface area is 157 Å². The number of para-hydroxylation sites is 1. The molecule has 8 heteroatoms. The number of sulfonamides is 1. The van der Waals surface area contributed by atoms with E-state index in [4.69, 9.17) is 9.47 Å². The molecule has 1 heterocycles. The van der Waals surface area contributed by atoms with E-state index in [-0.39, 0.29) is 23.6 Å². The largest absolute Gasteiger partial charge is 0.463 e. The first-order valence-corrected chi connectivity index (χ1v) is 9.93. The Bertz CT molecular complexity index is 942. The van der Waals surface area contributed by atoms with Crippen LogP contribution < -0.4 is 4.31 Å². The van der Waals surface area contributed by atoms with Crippen LogP contribution in [0.15, 0.2) is 59.5 Å². The van der Waals surface area contributed by atoms with Gasteiger partial charge in [-0.05, 0) is 37.3 Å². The molecule has 0 unspecified atom stereocenters. The van der Waals surface area contributed by atoms with E-state index in [0.29, 0.717) is 12.1 Å². The number of hydrogen-bond donors (Lipinski definition) is 0. The maximum absolute atomic E-state index is 13.0. The SMILES string of the molecule is CCN(c1ccccc1)S(=O)(=O)c1cccc(C(=O)O[C@@H]2CCOC2=O)c1. The Morgan fingerprint density at radius 2 is 1.93 bits per heavy atom. The number of nitrogens with zero attached hydrogens (tertiary/aromatic N) is 1. The predicted molar refractivity (Wildman–Crippen MR) is 97.9 cm³/mol. The van der Waals surface area contributed by atoms with Crippen LogP contribution in [0.2, 0.25) is 0 Å². The van der Waals surface area contributed by atoms with E-state index in [1.165, 1.54) is 28.6 Å². The van der Waals surface area contributed by atoms with Gasteiger partial charge < -0.3 is 9.47 Å². The molecule has 7 nitrogen and oxygen atoms in total. The molecular formula is C19H19NO6S. The summed E-state index contributed by atoms with van der Waals surface area (Å²) in [6, 6.07) is 14.3. The Morgan fingerprint density at radius 3 is 2.56 bits per heavy atom. The van der Waals surface area contributed by atoms with Crippen molar-refractivity contribution in [3.05, 3.63) is 60.2 Å². The van der Waals surface area contributed by atoms with Crippen molar-refractivity contribution >= 4 is 27.6 Å². The molecule has 2 aromatic carbocycles. The highest BCUT2D eigenvalue weighted by Crippen LogP contribution is 2.24. The van der Waals surface area contributed by atoms with Gasteiger partial charge in [0, 0.05) is 13.0 Å². The van der Waals surface area contributed by atoms with Gasteiger partial charge in [0.1, 0.15) is 0 Å². The number of carbonyl (C=O) groups excluding carboxylic acids is 2. The van der Waals surface area contributed by atoms with Crippen LogP contribution in [0, 0.1) is 0 Å². The summed E-state index contributed by atoms with van der Waals surface area (Å²) in [7, 11) is -3.86. The van der Waals surface area contributed by atoms with Crippen molar-refractivity contribution in [1.29, 1.82) is 0 Å². The molecule has 1 aliphatic rings. The Kier molecular flexibility index (Phi) is 5.46. The van der Waals surface area contributed by atoms with Crippen molar-refractivity contribution in [1.82, 2.24) is 0 Å². The highest BCUT2D eigenvalue weighted by molar-refractivity contribution is 7.92. The first-order valence-electron chi connectivity index (χ1n) is 8.49. The fraction of sp³-hybridized carbons (Fsp3) is 0.263. The first kappa shape index (κ1) is 18.9. The number of esters is 2. The maximum atomic E-state index is 13.0. The lowest BCUT2D eigenvalue weighted by atomic mass is 10.2. The lowest BCUT2D eigenvalue weighted by Gasteiger charge is -2.23. The van der Waals surface area contributed by atoms with Crippen molar-refractivity contribution in [3.8, 4) is 0 Å². The highest BCUT2D eigenvalue weighted by Gasteiger charge is 2.31. The second-order valence-electron chi connectivity index (χ2n) is 5.88. The zero-order chi connectivity index (χ0) is 19.4. The minimum atomic E-state index is -3.86. The summed E-state index contributed by atoms with van der Waals surface area (Å²) >= 11 is 0. The third-order valence-electron chi connectivity index (χ3n) is 4.13. The summed E-state index contributed by atoms with van der Waals surface area (Å²) in [4.78, 5) is 23.7. The van der Waals surface area contributed by atoms with Gasteiger partial charge >= 0.3 is 11.9 Å². The van der Waals surface area contributed by atoms with Gasteiger partial charge in [0.05, 0.1) is 22.8 Å². The minimum Gasteiger partial charge on any atom is -0.463 e. The van der Waals surface area contributed by atoms with Gasteiger partial charge in [-0.1, -0.05) is 24.3 Å². The van der Waals surface area contributed by atoms with E-state index in [2.05, 4.69) is 0 Å². The number of carbonyl (C=O) groups is 2. The molecule has 3 rings (SSSR count). The lowest BCUT2D eigenvalue weighted by Crippen LogP contribution is -2.31. The van der Waals surface area contributed by atoms with Gasteiger partial charge in [-0.3, -0.25) is 4.31 Å². The molecule has 1 fully saturated rings. The summed E-state index contributed by atoms with van der Waals surface area (Å²) in [5.74, 6) is -1.35. The third-order valence-corrected chi connectivity index (χ3v) is 6.02. The van der Waals surface area contributed by atoms with Gasteiger partial charge in [-0.2, -0.15) is 0 Å². The van der Waals surface area contributed by atoms with Crippen LogP contribution in [0.1, 0.15) is 23.7 Å². The molecule has 0 amide bonds. The van der Waals surface area contributed by atoms with Crippen molar-refractivity contribution in [2.45, 2.75) is 24.3 Å². The molecule has 1 saturated heterocycles. The minimum absolute atomic E-state index is 0.0309. The Hall–Kier alpha value is -2.87. The number of benzene rings is 2. The first-order chi connectivity index (χ1) is 12.9. The van der Waals surface area contributed by atoms with Gasteiger partial charge in [0.25, 0.3) is 10.0 Å². The van der Waals surface area contributed by atoms with E-state index in [1.807, 2.05) is 0 Å². The second kappa shape index (κ2) is 7.79. The molecule has 2 aromatic rings. The quantitative estimate of drug-likeness (QED) is 0.705. The molecule has 0 aliphatic carbocycles. The monoisotopic (exact) mass is 389 g/mol. The topological polar surface area (TPSA) is 90.0 Å². The smallest absolute Gasteiger partial charge is 0.347 e. The van der Waals surface area contributed by atoms with Gasteiger partial charge in [-0.15, -0.1) is 0 Å². The Balaban J connectivity index is 1.87. The van der Waals surface area contributed by atoms with Crippen molar-refractivity contribution in [3.63, 3.8) is 0 Å². The van der Waals surface area contributed by atoms with Gasteiger partial charge in [-0.25, -0.2) is 18.0 Å². The molecule has 0 radical (unpaired) electrons. The number of anilines is 1. The van der Waals surface area contributed by atoms with Crippen LogP contribution in [0.25, 0.3) is 0 Å². The summed E-state index contributed by atoms with van der Waals surface area (Å²) in [6.45, 7) is 2.16. The van der Waals surface area contributed by atoms with Crippen LogP contribution in [0.5, 0.6) is 0 Å². The Morgan fingerprint density at radius 1 is 1.19 bits per heavy atom. The molecule has 1 atom stereocenters. The fourth-order valence-corrected chi connectivity index (χ4v) is 4.30. The van der Waals surface area contributed by atoms with Crippen LogP contribution >= 0.6 is 0 Å². The zero-order valence-electron chi connectivity index (χ0n) is 14.7. The zero-order valence-corrected chi connectivity index (χ0v) is 15.5. The molecule has 1 aliphatic heterocycles. The molecule has 142 valence electrons. The van der Waals surface area contributed by atoms with Crippen LogP contribution in [0.4, 0.5) is 5.69 Å². The normalized spacial score (nSPS) is 16.6. The van der Waals surface area contributed by atoms with E-state index in [9.17, 15) is 18.0 Å². The predicted octanol–water partition coefficient (Wildman–Crippen LogP) is 2.37. The summed E-state index contributed by atoms with van der Waals surface area (Å²) < 4.78 is 37.2. The van der Waals surface area contributed by atoms with E-state index in [0.717, 1.165) is 0 Å². The average molecular weight is 389 g/mol. The van der Waals surface area contributed by atoms with E-state index in [1.54, 1.807) is 37.3 Å². The second-order valence-corrected chi connectivity index (χ2v) is 7.75. The molecule has 0 spiro atoms. The highest BCUT2D eigenvalue weighted by atomic mass is 32.2. The summed E-state index contributed by atoms with van der Waals surface area (Å²) in [6.07, 6.45) is -0.658. The van der Waals surface area contributed by atoms with Gasteiger partial charge in [0.2, 0.25) is 6.10 Å². The van der Waals surface area contributed by atoms with Crippen LogP contribution in [0.3, 0.4) is 0 Å². The number of rotatable bonds is 6. The number of ether oxygens (including phenoxy) is 2. The average Bonchev–Trinajstić information content (AvgIpc) is 3.07. The van der Waals surface area contributed by atoms with Gasteiger partial charge in [0.15, 0.2) is 0 Å². The molecule has 0 bridgehead atoms.